The van der Waals surface area contributed by atoms with Gasteiger partial charge in [0.05, 0.1) is 29.5 Å². The first kappa shape index (κ1) is 46.2. The Bertz CT molecular complexity index is 1750. The Morgan fingerprint density at radius 2 is 1.72 bits per heavy atom. The summed E-state index contributed by atoms with van der Waals surface area (Å²) in [5, 5.41) is 13.5. The number of methoxy groups -OCH3 is 1. The van der Waals surface area contributed by atoms with E-state index >= 15 is 0 Å². The number of likely N-dealkylation sites (N-methyl/N-ethyl adjacent to an activating group) is 1. The first-order chi connectivity index (χ1) is 27.4. The van der Waals surface area contributed by atoms with Crippen LogP contribution in [0, 0.1) is 23.7 Å². The number of carbonyl (C=O) groups excluding carboxylic acids is 4. The van der Waals surface area contributed by atoms with Gasteiger partial charge in [0.15, 0.2) is 22.0 Å². The molecule has 58 heavy (non-hydrogen) atoms. The van der Waals surface area contributed by atoms with Crippen molar-refractivity contribution in [2.75, 3.05) is 33.5 Å². The largest absolute Gasteiger partial charge is 0.458 e. The number of rotatable bonds is 11. The lowest BCUT2D eigenvalue weighted by Gasteiger charge is -2.47. The molecule has 0 unspecified atom stereocenters. The summed E-state index contributed by atoms with van der Waals surface area (Å²) in [7, 11) is 5.25. The highest BCUT2D eigenvalue weighted by molar-refractivity contribution is 8.01. The van der Waals surface area contributed by atoms with E-state index in [0.29, 0.717) is 25.1 Å². The number of thioether (sulfide) groups is 1. The molecule has 5 rings (SSSR count). The van der Waals surface area contributed by atoms with Crippen LogP contribution in [0.15, 0.2) is 40.1 Å². The van der Waals surface area contributed by atoms with E-state index in [-0.39, 0.29) is 30.8 Å². The first-order valence-electron chi connectivity index (χ1n) is 20.5. The number of carbonyl (C=O) groups is 4. The number of amides is 1. The molecule has 13 nitrogen and oxygen atoms in total. The zero-order valence-corrected chi connectivity index (χ0v) is 37.5. The summed E-state index contributed by atoms with van der Waals surface area (Å²) < 4.78 is 32.1. The summed E-state index contributed by atoms with van der Waals surface area (Å²) in [5.41, 5.74) is -0.704. The van der Waals surface area contributed by atoms with Crippen LogP contribution in [0.1, 0.15) is 81.1 Å². The van der Waals surface area contributed by atoms with Gasteiger partial charge in [0.25, 0.3) is 0 Å². The van der Waals surface area contributed by atoms with Crippen molar-refractivity contribution < 1.29 is 48.0 Å². The summed E-state index contributed by atoms with van der Waals surface area (Å²) in [6.07, 6.45) is -3.44. The van der Waals surface area contributed by atoms with Gasteiger partial charge in [-0.3, -0.25) is 14.4 Å². The van der Waals surface area contributed by atoms with Gasteiger partial charge in [-0.05, 0) is 67.5 Å². The average molecular weight is 846 g/mol. The number of fused-ring (bicyclic) bond motifs is 1. The number of nitrogens with zero attached hydrogens (tertiary/aromatic N) is 3. The van der Waals surface area contributed by atoms with Crippen molar-refractivity contribution in [3.05, 3.63) is 35.7 Å². The SMILES string of the molecule is CC[C@H]1OC(=O)[C@H](C)C(=O)[C@H](C)[C@@H](O[C@@H]2O[C@H](C)C[C@H](N(C)C)[C@H]2O)[C@](C)(OC)C[C@@H](C)C(=O)[C@H](C)[C@H]2N(CCCSc3nc(-c4ccccc4)cs3)C(=O)O[C@]12C. The normalized spacial score (nSPS) is 36.7. The van der Waals surface area contributed by atoms with Gasteiger partial charge < -0.3 is 38.6 Å². The highest BCUT2D eigenvalue weighted by Gasteiger charge is 2.60. The van der Waals surface area contributed by atoms with Crippen molar-refractivity contribution in [1.29, 1.82) is 0 Å². The standard InChI is InChI=1S/C43H63N3O10S2/c1-12-32-43(8)36(46(41(51)56-43)19-16-20-57-40-44-30(23-58-40)29-17-14-13-15-18-29)26(4)33(47)24(2)22-42(7,52-11)37(27(5)34(48)28(6)38(50)54-32)55-39-35(49)31(45(9)10)21-25(3)53-39/h13-15,17-18,23-28,31-32,35-37,39,49H,12,16,19-22H2,1-11H3/t24-,25-,26+,27+,28-,31+,32-,35-,36-,37-,39+,42-,43-/m1/s1. The number of aromatic nitrogens is 1. The van der Waals surface area contributed by atoms with Crippen LogP contribution in [0.4, 0.5) is 4.79 Å². The fourth-order valence-electron chi connectivity index (χ4n) is 9.17. The third-order valence-electron chi connectivity index (χ3n) is 12.5. The van der Waals surface area contributed by atoms with Crippen molar-refractivity contribution in [2.45, 2.75) is 139 Å². The third kappa shape index (κ3) is 9.66. The zero-order valence-electron chi connectivity index (χ0n) is 35.8. The lowest BCUT2D eigenvalue weighted by Crippen LogP contribution is -2.60. The maximum Gasteiger partial charge on any atom is 0.410 e. The van der Waals surface area contributed by atoms with E-state index in [4.69, 9.17) is 28.7 Å². The van der Waals surface area contributed by atoms with Crippen molar-refractivity contribution in [1.82, 2.24) is 14.8 Å². The number of hydrogen-bond acceptors (Lipinski definition) is 14. The summed E-state index contributed by atoms with van der Waals surface area (Å²) in [6.45, 7) is 14.3. The van der Waals surface area contributed by atoms with Gasteiger partial charge >= 0.3 is 12.1 Å². The van der Waals surface area contributed by atoms with Gasteiger partial charge in [-0.25, -0.2) is 9.78 Å². The van der Waals surface area contributed by atoms with Crippen molar-refractivity contribution in [3.63, 3.8) is 0 Å². The molecule has 1 amide bonds. The predicted molar refractivity (Wildman–Crippen MR) is 222 cm³/mol. The number of cyclic esters (lactones) is 1. The number of benzene rings is 1. The maximum atomic E-state index is 14.7. The minimum atomic E-state index is -1.40. The van der Waals surface area contributed by atoms with Crippen LogP contribution < -0.4 is 0 Å². The fraction of sp³-hybridized carbons (Fsp3) is 0.698. The molecule has 1 aromatic heterocycles. The fourth-order valence-corrected chi connectivity index (χ4v) is 11.0. The number of ether oxygens (including phenoxy) is 5. The van der Waals surface area contributed by atoms with E-state index < -0.39 is 83.4 Å². The molecule has 0 bridgehead atoms. The summed E-state index contributed by atoms with van der Waals surface area (Å²) in [5.74, 6) is -4.26. The van der Waals surface area contributed by atoms with E-state index in [0.717, 1.165) is 15.6 Å². The minimum Gasteiger partial charge on any atom is -0.458 e. The number of esters is 1. The van der Waals surface area contributed by atoms with Gasteiger partial charge in [-0.1, -0.05) is 69.8 Å². The Morgan fingerprint density at radius 1 is 1.03 bits per heavy atom. The molecule has 2 aromatic rings. The average Bonchev–Trinajstić information content (AvgIpc) is 3.78. The van der Waals surface area contributed by atoms with Crippen LogP contribution in [0.5, 0.6) is 0 Å². The second-order valence-corrected chi connectivity index (χ2v) is 19.1. The molecule has 1 aromatic carbocycles. The lowest BCUT2D eigenvalue weighted by molar-refractivity contribution is -0.295. The molecule has 4 heterocycles. The van der Waals surface area contributed by atoms with Crippen molar-refractivity contribution >= 4 is 46.7 Å². The van der Waals surface area contributed by atoms with Crippen molar-refractivity contribution in [3.8, 4) is 11.3 Å². The highest BCUT2D eigenvalue weighted by Crippen LogP contribution is 2.43. The molecular formula is C43H63N3O10S2. The Hall–Kier alpha value is -2.92. The van der Waals surface area contributed by atoms with Crippen LogP contribution >= 0.6 is 23.1 Å². The Kier molecular flexibility index (Phi) is 15.3. The molecule has 1 N–H and O–H groups in total. The van der Waals surface area contributed by atoms with Gasteiger partial charge in [0.2, 0.25) is 0 Å². The van der Waals surface area contributed by atoms with Gasteiger partial charge in [0.1, 0.15) is 23.9 Å². The molecule has 0 radical (unpaired) electrons. The monoisotopic (exact) mass is 845 g/mol. The molecule has 0 saturated carbocycles. The number of aliphatic hydroxyl groups is 1. The first-order valence-corrected chi connectivity index (χ1v) is 22.3. The van der Waals surface area contributed by atoms with Crippen LogP contribution in [-0.2, 0) is 38.1 Å². The summed E-state index contributed by atoms with van der Waals surface area (Å²) in [4.78, 5) is 65.1. The third-order valence-corrected chi connectivity index (χ3v) is 14.6. The van der Waals surface area contributed by atoms with Crippen LogP contribution in [0.25, 0.3) is 11.3 Å². The molecule has 3 fully saturated rings. The molecule has 3 aliphatic heterocycles. The smallest absolute Gasteiger partial charge is 0.410 e. The minimum absolute atomic E-state index is 0.133. The number of Topliss-reactive ketones (excluding diaryl/α,β-unsaturated/α-hetero) is 2. The molecule has 13 atom stereocenters. The van der Waals surface area contributed by atoms with Crippen LogP contribution in [0.3, 0.4) is 0 Å². The van der Waals surface area contributed by atoms with E-state index in [1.807, 2.05) is 75.5 Å². The Balaban J connectivity index is 1.43. The number of aliphatic hydroxyl groups excluding tert-OH is 1. The highest BCUT2D eigenvalue weighted by atomic mass is 32.2. The molecule has 15 heteroatoms. The second-order valence-electron chi connectivity index (χ2n) is 16.9. The van der Waals surface area contributed by atoms with Crippen LogP contribution in [0.2, 0.25) is 0 Å². The number of thiazole rings is 1. The molecule has 0 spiro atoms. The van der Waals surface area contributed by atoms with E-state index in [9.17, 15) is 24.3 Å². The molecular weight excluding hydrogens is 783 g/mol. The quantitative estimate of drug-likeness (QED) is 0.114. The van der Waals surface area contributed by atoms with Crippen molar-refractivity contribution in [2.24, 2.45) is 23.7 Å². The Labute approximate surface area is 351 Å². The summed E-state index contributed by atoms with van der Waals surface area (Å²) in [6, 6.07) is 8.91. The molecule has 3 aliphatic rings. The zero-order chi connectivity index (χ0) is 42.7. The lowest BCUT2D eigenvalue weighted by atomic mass is 9.73. The van der Waals surface area contributed by atoms with Gasteiger partial charge in [0, 0.05) is 54.1 Å². The molecule has 322 valence electrons. The van der Waals surface area contributed by atoms with E-state index in [1.54, 1.807) is 55.7 Å². The maximum absolute atomic E-state index is 14.7. The van der Waals surface area contributed by atoms with Gasteiger partial charge in [-0.2, -0.15) is 0 Å². The predicted octanol–water partition coefficient (Wildman–Crippen LogP) is 6.50. The van der Waals surface area contributed by atoms with Crippen LogP contribution in [-0.4, -0.2) is 131 Å². The molecule has 3 saturated heterocycles. The number of ketones is 2. The molecule has 0 aliphatic carbocycles. The number of hydrogen-bond donors (Lipinski definition) is 1. The topological polar surface area (TPSA) is 154 Å². The second kappa shape index (κ2) is 19.2. The summed E-state index contributed by atoms with van der Waals surface area (Å²) >= 11 is 3.17. The van der Waals surface area contributed by atoms with E-state index in [2.05, 4.69) is 0 Å². The van der Waals surface area contributed by atoms with Gasteiger partial charge in [-0.15, -0.1) is 11.3 Å². The Morgan fingerprint density at radius 3 is 2.36 bits per heavy atom. The van der Waals surface area contributed by atoms with E-state index in [1.165, 1.54) is 14.0 Å².